The third kappa shape index (κ3) is 4.38. The molecular weight excluding hydrogens is 309 g/mol. The Morgan fingerprint density at radius 1 is 1.19 bits per heavy atom. The Hall–Kier alpha value is -1.71. The van der Waals surface area contributed by atoms with Crippen molar-refractivity contribution in [3.63, 3.8) is 0 Å². The summed E-state index contributed by atoms with van der Waals surface area (Å²) in [4.78, 5) is 11.9. The minimum atomic E-state index is -0.518. The van der Waals surface area contributed by atoms with Crippen LogP contribution in [0.25, 0.3) is 0 Å². The van der Waals surface area contributed by atoms with E-state index in [1.165, 1.54) is 7.11 Å². The van der Waals surface area contributed by atoms with E-state index < -0.39 is 6.04 Å². The summed E-state index contributed by atoms with van der Waals surface area (Å²) in [6.45, 7) is 0. The molecule has 0 saturated heterocycles. The SMILES string of the molecule is COC(=O)[C@H](Cc1ccc(Cl)cc1Cl)Nc1ccccc1. The van der Waals surface area contributed by atoms with Crippen molar-refractivity contribution in [1.82, 2.24) is 0 Å². The molecular formula is C16H15Cl2NO2. The number of methoxy groups -OCH3 is 1. The van der Waals surface area contributed by atoms with Crippen LogP contribution in [0.2, 0.25) is 10.0 Å². The van der Waals surface area contributed by atoms with Gasteiger partial charge in [0.1, 0.15) is 6.04 Å². The molecule has 0 aliphatic carbocycles. The number of nitrogens with one attached hydrogen (secondary N) is 1. The maximum Gasteiger partial charge on any atom is 0.328 e. The zero-order chi connectivity index (χ0) is 15.2. The van der Waals surface area contributed by atoms with Gasteiger partial charge in [0, 0.05) is 22.2 Å². The van der Waals surface area contributed by atoms with E-state index in [4.69, 9.17) is 27.9 Å². The van der Waals surface area contributed by atoms with Crippen LogP contribution in [0.5, 0.6) is 0 Å². The van der Waals surface area contributed by atoms with E-state index in [1.54, 1.807) is 12.1 Å². The molecule has 0 aliphatic heterocycles. The fourth-order valence-corrected chi connectivity index (χ4v) is 2.46. The Morgan fingerprint density at radius 2 is 1.90 bits per heavy atom. The summed E-state index contributed by atoms with van der Waals surface area (Å²) < 4.78 is 4.85. The maximum absolute atomic E-state index is 11.9. The zero-order valence-electron chi connectivity index (χ0n) is 11.5. The molecule has 5 heteroatoms. The van der Waals surface area contributed by atoms with Gasteiger partial charge in [0.2, 0.25) is 0 Å². The van der Waals surface area contributed by atoms with Gasteiger partial charge in [-0.1, -0.05) is 47.5 Å². The highest BCUT2D eigenvalue weighted by molar-refractivity contribution is 6.35. The average Bonchev–Trinajstić information content (AvgIpc) is 2.49. The van der Waals surface area contributed by atoms with Crippen molar-refractivity contribution in [1.29, 1.82) is 0 Å². The topological polar surface area (TPSA) is 38.3 Å². The molecule has 2 aromatic rings. The Bertz CT molecular complexity index is 617. The summed E-state index contributed by atoms with van der Waals surface area (Å²) in [6, 6.07) is 14.2. The number of ether oxygens (including phenoxy) is 1. The van der Waals surface area contributed by atoms with Crippen LogP contribution in [0, 0.1) is 0 Å². The number of carbonyl (C=O) groups is 1. The molecule has 0 fully saturated rings. The molecule has 0 bridgehead atoms. The van der Waals surface area contributed by atoms with Crippen LogP contribution in [0.1, 0.15) is 5.56 Å². The first-order valence-corrected chi connectivity index (χ1v) is 7.19. The molecule has 0 aliphatic rings. The smallest absolute Gasteiger partial charge is 0.328 e. The predicted octanol–water partition coefficient (Wildman–Crippen LogP) is 4.19. The normalized spacial score (nSPS) is 11.8. The van der Waals surface area contributed by atoms with Crippen LogP contribution < -0.4 is 5.32 Å². The van der Waals surface area contributed by atoms with Gasteiger partial charge >= 0.3 is 5.97 Å². The number of anilines is 1. The van der Waals surface area contributed by atoms with Gasteiger partial charge in [0.05, 0.1) is 7.11 Å². The van der Waals surface area contributed by atoms with Crippen molar-refractivity contribution in [2.75, 3.05) is 12.4 Å². The predicted molar refractivity (Wildman–Crippen MR) is 86.0 cm³/mol. The first-order valence-electron chi connectivity index (χ1n) is 6.43. The van der Waals surface area contributed by atoms with E-state index >= 15 is 0 Å². The average molecular weight is 324 g/mol. The largest absolute Gasteiger partial charge is 0.467 e. The van der Waals surface area contributed by atoms with Gasteiger partial charge in [-0.2, -0.15) is 0 Å². The van der Waals surface area contributed by atoms with Crippen molar-refractivity contribution in [3.05, 3.63) is 64.1 Å². The number of esters is 1. The summed E-state index contributed by atoms with van der Waals surface area (Å²) in [5.74, 6) is -0.343. The molecule has 110 valence electrons. The Kier molecular flexibility index (Phi) is 5.48. The van der Waals surface area contributed by atoms with Crippen LogP contribution in [0.4, 0.5) is 5.69 Å². The van der Waals surface area contributed by atoms with Crippen molar-refractivity contribution >= 4 is 34.9 Å². The minimum absolute atomic E-state index is 0.343. The molecule has 3 nitrogen and oxygen atoms in total. The van der Waals surface area contributed by atoms with Gasteiger partial charge in [0.25, 0.3) is 0 Å². The van der Waals surface area contributed by atoms with Crippen molar-refractivity contribution < 1.29 is 9.53 Å². The van der Waals surface area contributed by atoms with Crippen LogP contribution in [0.15, 0.2) is 48.5 Å². The lowest BCUT2D eigenvalue weighted by Crippen LogP contribution is -2.32. The number of rotatable bonds is 5. The molecule has 0 spiro atoms. The van der Waals surface area contributed by atoms with Gasteiger partial charge in [-0.25, -0.2) is 4.79 Å². The third-order valence-electron chi connectivity index (χ3n) is 3.04. The molecule has 0 saturated carbocycles. The fourth-order valence-electron chi connectivity index (χ4n) is 1.98. The first kappa shape index (κ1) is 15.7. The number of hydrogen-bond acceptors (Lipinski definition) is 3. The van der Waals surface area contributed by atoms with Gasteiger partial charge in [0.15, 0.2) is 0 Å². The molecule has 2 rings (SSSR count). The highest BCUT2D eigenvalue weighted by Crippen LogP contribution is 2.23. The highest BCUT2D eigenvalue weighted by Gasteiger charge is 2.20. The molecule has 21 heavy (non-hydrogen) atoms. The van der Waals surface area contributed by atoms with Crippen LogP contribution in [0.3, 0.4) is 0 Å². The number of hydrogen-bond donors (Lipinski definition) is 1. The Morgan fingerprint density at radius 3 is 2.52 bits per heavy atom. The standard InChI is InChI=1S/C16H15Cl2NO2/c1-21-16(20)15(19-13-5-3-2-4-6-13)9-11-7-8-12(17)10-14(11)18/h2-8,10,15,19H,9H2,1H3/t15-/m0/s1. The first-order chi connectivity index (χ1) is 10.1. The second-order valence-corrected chi connectivity index (χ2v) is 5.37. The second kappa shape index (κ2) is 7.34. The third-order valence-corrected chi connectivity index (χ3v) is 3.63. The minimum Gasteiger partial charge on any atom is -0.467 e. The van der Waals surface area contributed by atoms with E-state index in [0.29, 0.717) is 16.5 Å². The Labute approximate surface area is 133 Å². The van der Waals surface area contributed by atoms with Gasteiger partial charge in [-0.15, -0.1) is 0 Å². The van der Waals surface area contributed by atoms with E-state index in [1.807, 2.05) is 36.4 Å². The lowest BCUT2D eigenvalue weighted by molar-refractivity contribution is -0.141. The number of benzene rings is 2. The van der Waals surface area contributed by atoms with Gasteiger partial charge in [-0.05, 0) is 29.8 Å². The van der Waals surface area contributed by atoms with E-state index in [2.05, 4.69) is 5.32 Å². The van der Waals surface area contributed by atoms with E-state index in [9.17, 15) is 4.79 Å². The van der Waals surface area contributed by atoms with Crippen LogP contribution in [-0.4, -0.2) is 19.1 Å². The summed E-state index contributed by atoms with van der Waals surface area (Å²) in [5, 5.41) is 4.25. The maximum atomic E-state index is 11.9. The van der Waals surface area contributed by atoms with Gasteiger partial charge in [-0.3, -0.25) is 0 Å². The summed E-state index contributed by atoms with van der Waals surface area (Å²) in [6.07, 6.45) is 0.414. The molecule has 0 radical (unpaired) electrons. The van der Waals surface area contributed by atoms with Crippen LogP contribution in [-0.2, 0) is 16.0 Å². The summed E-state index contributed by atoms with van der Waals surface area (Å²) >= 11 is 12.0. The molecule has 0 amide bonds. The van der Waals surface area contributed by atoms with Crippen molar-refractivity contribution in [2.24, 2.45) is 0 Å². The molecule has 1 N–H and O–H groups in total. The second-order valence-electron chi connectivity index (χ2n) is 4.53. The molecule has 0 heterocycles. The zero-order valence-corrected chi connectivity index (χ0v) is 13.0. The van der Waals surface area contributed by atoms with E-state index in [0.717, 1.165) is 11.3 Å². The van der Waals surface area contributed by atoms with Crippen molar-refractivity contribution in [3.8, 4) is 0 Å². The van der Waals surface area contributed by atoms with Gasteiger partial charge < -0.3 is 10.1 Å². The highest BCUT2D eigenvalue weighted by atomic mass is 35.5. The molecule has 1 atom stereocenters. The molecule has 2 aromatic carbocycles. The number of para-hydroxylation sites is 1. The van der Waals surface area contributed by atoms with E-state index in [-0.39, 0.29) is 5.97 Å². The lowest BCUT2D eigenvalue weighted by atomic mass is 10.1. The summed E-state index contributed by atoms with van der Waals surface area (Å²) in [7, 11) is 1.37. The monoisotopic (exact) mass is 323 g/mol. The molecule has 0 aromatic heterocycles. The fraction of sp³-hybridized carbons (Fsp3) is 0.188. The Balaban J connectivity index is 2.18. The van der Waals surface area contributed by atoms with Crippen LogP contribution >= 0.6 is 23.2 Å². The lowest BCUT2D eigenvalue weighted by Gasteiger charge is -2.18. The quantitative estimate of drug-likeness (QED) is 0.838. The number of carbonyl (C=O) groups excluding carboxylic acids is 1. The summed E-state index contributed by atoms with van der Waals surface area (Å²) in [5.41, 5.74) is 1.68. The van der Waals surface area contributed by atoms with Crippen molar-refractivity contribution in [2.45, 2.75) is 12.5 Å². The molecule has 0 unspecified atom stereocenters. The number of halogens is 2.